The summed E-state index contributed by atoms with van der Waals surface area (Å²) in [4.78, 5) is 0. The quantitative estimate of drug-likeness (QED) is 0.699. The Hall–Kier alpha value is -1.02. The summed E-state index contributed by atoms with van der Waals surface area (Å²) in [5, 5.41) is 8.70. The second-order valence-corrected chi connectivity index (χ2v) is 5.89. The van der Waals surface area contributed by atoms with Crippen LogP contribution in [-0.2, 0) is 0 Å². The first-order valence-corrected chi connectivity index (χ1v) is 8.24. The van der Waals surface area contributed by atoms with Crippen molar-refractivity contribution in [3.8, 4) is 5.75 Å². The minimum absolute atomic E-state index is 0.309. The lowest BCUT2D eigenvalue weighted by atomic mass is 9.84. The summed E-state index contributed by atoms with van der Waals surface area (Å²) in [5.74, 6) is 1.77. The molecule has 1 aromatic rings. The van der Waals surface area contributed by atoms with Crippen molar-refractivity contribution in [1.82, 2.24) is 0 Å². The zero-order chi connectivity index (χ0) is 14.0. The zero-order valence-electron chi connectivity index (χ0n) is 12.5. The highest BCUT2D eigenvalue weighted by Gasteiger charge is 2.15. The minimum atomic E-state index is 0.309. The first kappa shape index (κ1) is 15.4. The van der Waals surface area contributed by atoms with E-state index in [4.69, 9.17) is 9.84 Å². The summed E-state index contributed by atoms with van der Waals surface area (Å²) in [7, 11) is 0. The topological polar surface area (TPSA) is 29.5 Å². The van der Waals surface area contributed by atoms with Gasteiger partial charge in [-0.1, -0.05) is 37.8 Å². The number of hydrogen-bond donors (Lipinski definition) is 1. The molecule has 0 unspecified atom stereocenters. The smallest absolute Gasteiger partial charge is 0.119 e. The molecule has 0 atom stereocenters. The third-order valence-electron chi connectivity index (χ3n) is 4.28. The van der Waals surface area contributed by atoms with Gasteiger partial charge >= 0.3 is 0 Å². The van der Waals surface area contributed by atoms with Crippen LogP contribution in [0.3, 0.4) is 0 Å². The van der Waals surface area contributed by atoms with Crippen molar-refractivity contribution in [2.45, 2.75) is 63.7 Å². The number of aliphatic hydroxyl groups excluding tert-OH is 1. The van der Waals surface area contributed by atoms with Crippen LogP contribution in [-0.4, -0.2) is 18.3 Å². The lowest BCUT2D eigenvalue weighted by molar-refractivity contribution is 0.273. The van der Waals surface area contributed by atoms with Gasteiger partial charge in [0.1, 0.15) is 5.75 Å². The molecule has 1 aliphatic carbocycles. The Morgan fingerprint density at radius 3 is 2.30 bits per heavy atom. The number of aliphatic hydroxyl groups is 1. The Morgan fingerprint density at radius 2 is 1.60 bits per heavy atom. The molecule has 0 saturated heterocycles. The van der Waals surface area contributed by atoms with Gasteiger partial charge in [-0.15, -0.1) is 0 Å². The highest BCUT2D eigenvalue weighted by Crippen LogP contribution is 2.33. The van der Waals surface area contributed by atoms with E-state index in [1.807, 2.05) is 0 Å². The molecule has 0 radical (unpaired) electrons. The molecule has 0 bridgehead atoms. The van der Waals surface area contributed by atoms with Crippen molar-refractivity contribution in [3.05, 3.63) is 29.8 Å². The largest absolute Gasteiger partial charge is 0.494 e. The van der Waals surface area contributed by atoms with Gasteiger partial charge in [0, 0.05) is 6.61 Å². The monoisotopic (exact) mass is 276 g/mol. The molecule has 1 fully saturated rings. The summed E-state index contributed by atoms with van der Waals surface area (Å²) < 4.78 is 5.77. The fraction of sp³-hybridized carbons (Fsp3) is 0.667. The van der Waals surface area contributed by atoms with Gasteiger partial charge in [0.2, 0.25) is 0 Å². The van der Waals surface area contributed by atoms with E-state index >= 15 is 0 Å². The highest BCUT2D eigenvalue weighted by molar-refractivity contribution is 5.29. The average Bonchev–Trinajstić information content (AvgIpc) is 2.52. The Morgan fingerprint density at radius 1 is 0.900 bits per heavy atom. The van der Waals surface area contributed by atoms with Crippen LogP contribution in [0.15, 0.2) is 24.3 Å². The van der Waals surface area contributed by atoms with Gasteiger partial charge in [-0.3, -0.25) is 0 Å². The van der Waals surface area contributed by atoms with Crippen molar-refractivity contribution < 1.29 is 9.84 Å². The second-order valence-electron chi connectivity index (χ2n) is 5.89. The molecule has 2 heteroatoms. The van der Waals surface area contributed by atoms with Crippen LogP contribution in [0, 0.1) is 0 Å². The van der Waals surface area contributed by atoms with Gasteiger partial charge in [-0.2, -0.15) is 0 Å². The first-order valence-electron chi connectivity index (χ1n) is 8.24. The SMILES string of the molecule is OCCCCCCOc1ccc(C2CCCCC2)cc1. The standard InChI is InChI=1S/C18H28O2/c19-14-6-1-2-7-15-20-18-12-10-17(11-13-18)16-8-4-3-5-9-16/h10-13,16,19H,1-9,14-15H2. The highest BCUT2D eigenvalue weighted by atomic mass is 16.5. The molecule has 1 aliphatic rings. The van der Waals surface area contributed by atoms with Crippen molar-refractivity contribution in [3.63, 3.8) is 0 Å². The molecule has 0 aliphatic heterocycles. The van der Waals surface area contributed by atoms with E-state index in [-0.39, 0.29) is 0 Å². The summed E-state index contributed by atoms with van der Waals surface area (Å²) >= 11 is 0. The maximum absolute atomic E-state index is 8.70. The fourth-order valence-corrected chi connectivity index (χ4v) is 3.03. The lowest BCUT2D eigenvalue weighted by Gasteiger charge is -2.22. The van der Waals surface area contributed by atoms with Gasteiger partial charge in [-0.05, 0) is 55.7 Å². The van der Waals surface area contributed by atoms with Crippen molar-refractivity contribution in [1.29, 1.82) is 0 Å². The van der Waals surface area contributed by atoms with Crippen LogP contribution in [0.2, 0.25) is 0 Å². The average molecular weight is 276 g/mol. The van der Waals surface area contributed by atoms with Crippen LogP contribution < -0.4 is 4.74 Å². The molecule has 1 aromatic carbocycles. The Balaban J connectivity index is 1.68. The van der Waals surface area contributed by atoms with Crippen molar-refractivity contribution in [2.24, 2.45) is 0 Å². The summed E-state index contributed by atoms with van der Waals surface area (Å²) in [6.07, 6.45) is 11.1. The van der Waals surface area contributed by atoms with Crippen LogP contribution >= 0.6 is 0 Å². The minimum Gasteiger partial charge on any atom is -0.494 e. The van der Waals surface area contributed by atoms with E-state index in [1.165, 1.54) is 37.7 Å². The number of ether oxygens (including phenoxy) is 1. The van der Waals surface area contributed by atoms with E-state index in [0.717, 1.165) is 44.0 Å². The normalized spacial score (nSPS) is 16.2. The molecule has 2 nitrogen and oxygen atoms in total. The summed E-state index contributed by atoms with van der Waals surface area (Å²) in [6, 6.07) is 8.74. The maximum Gasteiger partial charge on any atom is 0.119 e. The lowest BCUT2D eigenvalue weighted by Crippen LogP contribution is -2.04. The van der Waals surface area contributed by atoms with Crippen LogP contribution in [0.5, 0.6) is 5.75 Å². The van der Waals surface area contributed by atoms with Gasteiger partial charge in [0.25, 0.3) is 0 Å². The third-order valence-corrected chi connectivity index (χ3v) is 4.28. The van der Waals surface area contributed by atoms with Crippen LogP contribution in [0.4, 0.5) is 0 Å². The molecule has 20 heavy (non-hydrogen) atoms. The van der Waals surface area contributed by atoms with E-state index in [0.29, 0.717) is 6.61 Å². The molecule has 0 heterocycles. The second kappa shape index (κ2) is 9.02. The van der Waals surface area contributed by atoms with Crippen LogP contribution in [0.25, 0.3) is 0 Å². The molecular formula is C18H28O2. The van der Waals surface area contributed by atoms with Gasteiger partial charge in [0.15, 0.2) is 0 Å². The molecule has 1 N–H and O–H groups in total. The van der Waals surface area contributed by atoms with Crippen molar-refractivity contribution >= 4 is 0 Å². The molecule has 0 amide bonds. The third kappa shape index (κ3) is 5.16. The van der Waals surface area contributed by atoms with E-state index < -0.39 is 0 Å². The number of rotatable bonds is 8. The molecule has 0 spiro atoms. The van der Waals surface area contributed by atoms with Crippen molar-refractivity contribution in [2.75, 3.05) is 13.2 Å². The van der Waals surface area contributed by atoms with Gasteiger partial charge in [0.05, 0.1) is 6.61 Å². The predicted octanol–water partition coefficient (Wildman–Crippen LogP) is 4.67. The maximum atomic E-state index is 8.70. The summed E-state index contributed by atoms with van der Waals surface area (Å²) in [5.41, 5.74) is 1.49. The van der Waals surface area contributed by atoms with Gasteiger partial charge < -0.3 is 9.84 Å². The molecular weight excluding hydrogens is 248 g/mol. The van der Waals surface area contributed by atoms with E-state index in [2.05, 4.69) is 24.3 Å². The Kier molecular flexibility index (Phi) is 6.93. The number of benzene rings is 1. The fourth-order valence-electron chi connectivity index (χ4n) is 3.03. The van der Waals surface area contributed by atoms with E-state index in [9.17, 15) is 0 Å². The predicted molar refractivity (Wildman–Crippen MR) is 83.3 cm³/mol. The Bertz CT molecular complexity index is 352. The summed E-state index contributed by atoms with van der Waals surface area (Å²) in [6.45, 7) is 1.09. The number of unbranched alkanes of at least 4 members (excludes halogenated alkanes) is 3. The van der Waals surface area contributed by atoms with Gasteiger partial charge in [-0.25, -0.2) is 0 Å². The van der Waals surface area contributed by atoms with E-state index in [1.54, 1.807) is 0 Å². The number of hydrogen-bond acceptors (Lipinski definition) is 2. The molecule has 1 saturated carbocycles. The molecule has 0 aromatic heterocycles. The zero-order valence-corrected chi connectivity index (χ0v) is 12.5. The van der Waals surface area contributed by atoms with Crippen LogP contribution in [0.1, 0.15) is 69.3 Å². The first-order chi connectivity index (χ1) is 9.90. The molecule has 112 valence electrons. The Labute approximate surface area is 123 Å². The molecule has 2 rings (SSSR count).